The lowest BCUT2D eigenvalue weighted by atomic mass is 10.1. The molecule has 148 valence electrons. The molecule has 0 saturated heterocycles. The van der Waals surface area contributed by atoms with Crippen LogP contribution in [0.3, 0.4) is 0 Å². The molecule has 0 unspecified atom stereocenters. The number of nitrogens with one attached hydrogen (secondary N) is 1. The molecule has 2 aromatic carbocycles. The van der Waals surface area contributed by atoms with Crippen molar-refractivity contribution < 1.29 is 14.3 Å². The molecule has 0 aliphatic heterocycles. The molecule has 0 bridgehead atoms. The number of amides is 1. The molecule has 7 heteroatoms. The molecule has 1 amide bonds. The first-order chi connectivity index (χ1) is 14.1. The highest BCUT2D eigenvalue weighted by atomic mass is 32.1. The van der Waals surface area contributed by atoms with Gasteiger partial charge in [-0.05, 0) is 31.2 Å². The highest BCUT2D eigenvalue weighted by Crippen LogP contribution is 2.33. The van der Waals surface area contributed by atoms with Gasteiger partial charge in [-0.1, -0.05) is 18.2 Å². The first kappa shape index (κ1) is 19.0. The third kappa shape index (κ3) is 3.23. The van der Waals surface area contributed by atoms with Gasteiger partial charge in [0.05, 0.1) is 35.7 Å². The number of para-hydroxylation sites is 1. The Morgan fingerprint density at radius 1 is 1.07 bits per heavy atom. The number of fused-ring (bicyclic) bond motifs is 3. The van der Waals surface area contributed by atoms with Crippen molar-refractivity contribution in [2.24, 2.45) is 0 Å². The number of carbonyl (C=O) groups excluding carboxylic acids is 1. The maximum absolute atomic E-state index is 13.0. The van der Waals surface area contributed by atoms with E-state index in [2.05, 4.69) is 5.32 Å². The summed E-state index contributed by atoms with van der Waals surface area (Å²) in [7, 11) is 3.10. The number of carbonyl (C=O) groups is 1. The van der Waals surface area contributed by atoms with Crippen LogP contribution in [0.15, 0.2) is 53.3 Å². The van der Waals surface area contributed by atoms with Crippen molar-refractivity contribution in [3.05, 3.63) is 63.8 Å². The number of benzene rings is 2. The lowest BCUT2D eigenvalue weighted by molar-refractivity contribution is 0.103. The molecule has 29 heavy (non-hydrogen) atoms. The Hall–Kier alpha value is -3.32. The molecule has 2 heterocycles. The van der Waals surface area contributed by atoms with Gasteiger partial charge in [0.25, 0.3) is 11.5 Å². The van der Waals surface area contributed by atoms with E-state index in [1.807, 2.05) is 31.2 Å². The van der Waals surface area contributed by atoms with Gasteiger partial charge in [0.1, 0.15) is 11.5 Å². The maximum Gasteiger partial charge on any atom is 0.265 e. The first-order valence-corrected chi connectivity index (χ1v) is 9.97. The van der Waals surface area contributed by atoms with Crippen LogP contribution in [0.4, 0.5) is 5.69 Å². The molecule has 0 aliphatic carbocycles. The van der Waals surface area contributed by atoms with Gasteiger partial charge in [0, 0.05) is 22.7 Å². The predicted molar refractivity (Wildman–Crippen MR) is 117 cm³/mol. The van der Waals surface area contributed by atoms with E-state index >= 15 is 0 Å². The summed E-state index contributed by atoms with van der Waals surface area (Å²) in [6.07, 6.45) is 0. The van der Waals surface area contributed by atoms with E-state index in [-0.39, 0.29) is 11.5 Å². The van der Waals surface area contributed by atoms with Crippen molar-refractivity contribution in [1.82, 2.24) is 4.57 Å². The average Bonchev–Trinajstić information content (AvgIpc) is 3.20. The zero-order chi connectivity index (χ0) is 20.5. The van der Waals surface area contributed by atoms with Crippen LogP contribution in [-0.2, 0) is 6.54 Å². The van der Waals surface area contributed by atoms with Crippen molar-refractivity contribution >= 4 is 43.9 Å². The van der Waals surface area contributed by atoms with Crippen molar-refractivity contribution in [3.63, 3.8) is 0 Å². The van der Waals surface area contributed by atoms with Gasteiger partial charge in [0.2, 0.25) is 0 Å². The summed E-state index contributed by atoms with van der Waals surface area (Å²) < 4.78 is 13.1. The van der Waals surface area contributed by atoms with Crippen LogP contribution in [0, 0.1) is 0 Å². The summed E-state index contributed by atoms with van der Waals surface area (Å²) in [4.78, 5) is 26.4. The minimum absolute atomic E-state index is 0.0875. The molecule has 0 fully saturated rings. The van der Waals surface area contributed by atoms with Crippen LogP contribution >= 0.6 is 11.3 Å². The van der Waals surface area contributed by atoms with Crippen LogP contribution in [0.1, 0.15) is 16.6 Å². The van der Waals surface area contributed by atoms with Crippen LogP contribution in [-0.4, -0.2) is 24.7 Å². The molecular weight excluding hydrogens is 388 g/mol. The average molecular weight is 408 g/mol. The Bertz CT molecular complexity index is 1290. The predicted octanol–water partition coefficient (Wildman–Crippen LogP) is 4.51. The number of aromatic nitrogens is 1. The third-order valence-corrected chi connectivity index (χ3v) is 6.01. The minimum atomic E-state index is -0.302. The Balaban J connectivity index is 1.81. The SMILES string of the molecule is CCn1c(=O)c2cc(C(=O)Nc3cc(OC)ccc3OC)sc2c2ccccc21. The lowest BCUT2D eigenvalue weighted by Crippen LogP contribution is -2.19. The second-order valence-electron chi connectivity index (χ2n) is 6.44. The van der Waals surface area contributed by atoms with E-state index in [0.29, 0.717) is 34.0 Å². The van der Waals surface area contributed by atoms with E-state index in [1.165, 1.54) is 18.4 Å². The van der Waals surface area contributed by atoms with Crippen molar-refractivity contribution in [1.29, 1.82) is 0 Å². The van der Waals surface area contributed by atoms with Gasteiger partial charge in [-0.2, -0.15) is 0 Å². The van der Waals surface area contributed by atoms with E-state index in [1.54, 1.807) is 35.9 Å². The summed E-state index contributed by atoms with van der Waals surface area (Å²) in [5.74, 6) is 0.831. The lowest BCUT2D eigenvalue weighted by Gasteiger charge is -2.11. The Labute approximate surface area is 171 Å². The van der Waals surface area contributed by atoms with Gasteiger partial charge in [-0.25, -0.2) is 0 Å². The normalized spacial score (nSPS) is 11.0. The number of aryl methyl sites for hydroxylation is 1. The Morgan fingerprint density at radius 2 is 1.86 bits per heavy atom. The van der Waals surface area contributed by atoms with Crippen LogP contribution in [0.5, 0.6) is 11.5 Å². The fraction of sp³-hybridized carbons (Fsp3) is 0.182. The van der Waals surface area contributed by atoms with Crippen LogP contribution in [0.2, 0.25) is 0 Å². The monoisotopic (exact) mass is 408 g/mol. The van der Waals surface area contributed by atoms with E-state index < -0.39 is 0 Å². The number of hydrogen-bond donors (Lipinski definition) is 1. The van der Waals surface area contributed by atoms with Crippen molar-refractivity contribution in [2.45, 2.75) is 13.5 Å². The molecule has 6 nitrogen and oxygen atoms in total. The van der Waals surface area contributed by atoms with E-state index in [0.717, 1.165) is 15.6 Å². The molecular formula is C22H20N2O4S. The molecule has 0 aliphatic rings. The number of pyridine rings is 1. The summed E-state index contributed by atoms with van der Waals surface area (Å²) in [5.41, 5.74) is 1.29. The fourth-order valence-corrected chi connectivity index (χ4v) is 4.51. The molecule has 0 spiro atoms. The van der Waals surface area contributed by atoms with Crippen molar-refractivity contribution in [2.75, 3.05) is 19.5 Å². The second kappa shape index (κ2) is 7.60. The van der Waals surface area contributed by atoms with Crippen LogP contribution < -0.4 is 20.3 Å². The Kier molecular flexibility index (Phi) is 4.98. The second-order valence-corrected chi connectivity index (χ2v) is 7.49. The standard InChI is InChI=1S/C22H20N2O4S/c1-4-24-17-8-6-5-7-14(17)20-15(22(24)26)12-19(29-20)21(25)23-16-11-13(27-2)9-10-18(16)28-3/h5-12H,4H2,1-3H3,(H,23,25). The number of anilines is 1. The first-order valence-electron chi connectivity index (χ1n) is 9.15. The van der Waals surface area contributed by atoms with E-state index in [9.17, 15) is 9.59 Å². The zero-order valence-electron chi connectivity index (χ0n) is 16.3. The smallest absolute Gasteiger partial charge is 0.265 e. The zero-order valence-corrected chi connectivity index (χ0v) is 17.1. The van der Waals surface area contributed by atoms with Gasteiger partial charge >= 0.3 is 0 Å². The number of methoxy groups -OCH3 is 2. The van der Waals surface area contributed by atoms with E-state index in [4.69, 9.17) is 9.47 Å². The topological polar surface area (TPSA) is 69.6 Å². The molecule has 4 rings (SSSR count). The number of rotatable bonds is 5. The number of ether oxygens (including phenoxy) is 2. The number of thiophene rings is 1. The minimum Gasteiger partial charge on any atom is -0.497 e. The summed E-state index contributed by atoms with van der Waals surface area (Å²) in [6.45, 7) is 2.50. The van der Waals surface area contributed by atoms with Gasteiger partial charge in [-0.3, -0.25) is 9.59 Å². The fourth-order valence-electron chi connectivity index (χ4n) is 3.43. The molecule has 0 radical (unpaired) electrons. The molecule has 0 atom stereocenters. The number of nitrogens with zero attached hydrogens (tertiary/aromatic N) is 1. The number of hydrogen-bond acceptors (Lipinski definition) is 5. The molecule has 2 aromatic heterocycles. The quantitative estimate of drug-likeness (QED) is 0.528. The molecule has 0 saturated carbocycles. The van der Waals surface area contributed by atoms with Crippen molar-refractivity contribution in [3.8, 4) is 11.5 Å². The summed E-state index contributed by atoms with van der Waals surface area (Å²) >= 11 is 1.31. The van der Waals surface area contributed by atoms with Gasteiger partial charge in [-0.15, -0.1) is 11.3 Å². The van der Waals surface area contributed by atoms with Gasteiger partial charge in [0.15, 0.2) is 0 Å². The summed E-state index contributed by atoms with van der Waals surface area (Å²) in [6, 6.07) is 14.6. The third-order valence-electron chi connectivity index (χ3n) is 4.84. The van der Waals surface area contributed by atoms with Gasteiger partial charge < -0.3 is 19.4 Å². The Morgan fingerprint density at radius 3 is 2.59 bits per heavy atom. The molecule has 4 aromatic rings. The maximum atomic E-state index is 13.0. The highest BCUT2D eigenvalue weighted by molar-refractivity contribution is 7.21. The van der Waals surface area contributed by atoms with Crippen LogP contribution in [0.25, 0.3) is 21.0 Å². The highest BCUT2D eigenvalue weighted by Gasteiger charge is 2.18. The molecule has 1 N–H and O–H groups in total. The largest absolute Gasteiger partial charge is 0.497 e. The summed E-state index contributed by atoms with van der Waals surface area (Å²) in [5, 5.41) is 4.39.